The van der Waals surface area contributed by atoms with E-state index >= 15 is 0 Å². The Balaban J connectivity index is 2.27. The number of rotatable bonds is 5. The number of benzene rings is 1. The van der Waals surface area contributed by atoms with E-state index in [9.17, 15) is 5.11 Å². The molecule has 2 rings (SSSR count). The molecule has 5 heteroatoms. The summed E-state index contributed by atoms with van der Waals surface area (Å²) in [6.45, 7) is 1.69. The molecule has 0 unspecified atom stereocenters. The van der Waals surface area contributed by atoms with Crippen LogP contribution in [0.5, 0.6) is 23.1 Å². The average Bonchev–Trinajstić information content (AvgIpc) is 2.47. The molecule has 0 aliphatic heterocycles. The Bertz CT molecular complexity index is 562. The van der Waals surface area contributed by atoms with Gasteiger partial charge in [-0.15, -0.1) is 0 Å². The van der Waals surface area contributed by atoms with Crippen LogP contribution in [0.1, 0.15) is 18.6 Å². The van der Waals surface area contributed by atoms with Crippen molar-refractivity contribution in [2.45, 2.75) is 13.0 Å². The van der Waals surface area contributed by atoms with Gasteiger partial charge in [-0.3, -0.25) is 0 Å². The molecule has 0 aliphatic rings. The number of methoxy groups -OCH3 is 2. The number of hydrogen-bond donors (Lipinski definition) is 1. The van der Waals surface area contributed by atoms with Crippen LogP contribution in [0.25, 0.3) is 0 Å². The average molecular weight is 275 g/mol. The van der Waals surface area contributed by atoms with Crippen LogP contribution in [0.2, 0.25) is 0 Å². The van der Waals surface area contributed by atoms with Gasteiger partial charge in [0.05, 0.1) is 20.3 Å². The van der Waals surface area contributed by atoms with Crippen LogP contribution >= 0.6 is 0 Å². The molecule has 0 aliphatic carbocycles. The maximum absolute atomic E-state index is 9.56. The summed E-state index contributed by atoms with van der Waals surface area (Å²) in [6, 6.07) is 8.66. The summed E-state index contributed by atoms with van der Waals surface area (Å²) in [5.74, 6) is 2.22. The first kappa shape index (κ1) is 14.1. The molecule has 0 saturated carbocycles. The van der Waals surface area contributed by atoms with Gasteiger partial charge >= 0.3 is 0 Å². The maximum atomic E-state index is 9.56. The van der Waals surface area contributed by atoms with E-state index in [4.69, 9.17) is 14.2 Å². The molecule has 1 atom stereocenters. The van der Waals surface area contributed by atoms with Gasteiger partial charge in [-0.25, -0.2) is 4.98 Å². The lowest BCUT2D eigenvalue weighted by molar-refractivity contribution is 0.198. The third-order valence-corrected chi connectivity index (χ3v) is 2.79. The smallest absolute Gasteiger partial charge is 0.219 e. The van der Waals surface area contributed by atoms with Crippen LogP contribution in [-0.2, 0) is 0 Å². The summed E-state index contributed by atoms with van der Waals surface area (Å²) in [5, 5.41) is 9.56. The molecule has 1 aromatic carbocycles. The van der Waals surface area contributed by atoms with Gasteiger partial charge in [0.2, 0.25) is 5.88 Å². The summed E-state index contributed by atoms with van der Waals surface area (Å²) >= 11 is 0. The first-order valence-corrected chi connectivity index (χ1v) is 6.17. The molecule has 0 spiro atoms. The van der Waals surface area contributed by atoms with E-state index in [1.165, 1.54) is 0 Å². The van der Waals surface area contributed by atoms with Crippen LogP contribution in [0.3, 0.4) is 0 Å². The standard InChI is InChI=1S/C15H17NO4/c1-10(17)11-4-5-16-15(6-11)20-14-8-12(18-2)7-13(9-14)19-3/h4-10,17H,1-3H3/t10-/m0/s1. The van der Waals surface area contributed by atoms with E-state index in [-0.39, 0.29) is 0 Å². The fourth-order valence-corrected chi connectivity index (χ4v) is 1.70. The fraction of sp³-hybridized carbons (Fsp3) is 0.267. The van der Waals surface area contributed by atoms with Crippen molar-refractivity contribution in [2.75, 3.05) is 14.2 Å². The van der Waals surface area contributed by atoms with Crippen LogP contribution in [-0.4, -0.2) is 24.3 Å². The zero-order valence-electron chi connectivity index (χ0n) is 11.7. The largest absolute Gasteiger partial charge is 0.496 e. The van der Waals surface area contributed by atoms with Crippen molar-refractivity contribution in [3.05, 3.63) is 42.1 Å². The maximum Gasteiger partial charge on any atom is 0.219 e. The second-order valence-corrected chi connectivity index (χ2v) is 4.25. The second-order valence-electron chi connectivity index (χ2n) is 4.25. The van der Waals surface area contributed by atoms with Gasteiger partial charge in [-0.05, 0) is 18.6 Å². The van der Waals surface area contributed by atoms with E-state index in [1.54, 1.807) is 57.7 Å². The van der Waals surface area contributed by atoms with Gasteiger partial charge in [0.15, 0.2) is 0 Å². The molecule has 0 amide bonds. The Morgan fingerprint density at radius 3 is 2.15 bits per heavy atom. The lowest BCUT2D eigenvalue weighted by atomic mass is 10.2. The van der Waals surface area contributed by atoms with Crippen LogP contribution < -0.4 is 14.2 Å². The summed E-state index contributed by atoms with van der Waals surface area (Å²) in [4.78, 5) is 4.11. The summed E-state index contributed by atoms with van der Waals surface area (Å²) in [5.41, 5.74) is 0.741. The number of hydrogen-bond acceptors (Lipinski definition) is 5. The first-order chi connectivity index (χ1) is 9.62. The molecular formula is C15H17NO4. The lowest BCUT2D eigenvalue weighted by Crippen LogP contribution is -1.95. The van der Waals surface area contributed by atoms with Crippen molar-refractivity contribution in [2.24, 2.45) is 0 Å². The van der Waals surface area contributed by atoms with E-state index in [2.05, 4.69) is 4.98 Å². The van der Waals surface area contributed by atoms with E-state index in [0.717, 1.165) is 5.56 Å². The van der Waals surface area contributed by atoms with Crippen molar-refractivity contribution >= 4 is 0 Å². The van der Waals surface area contributed by atoms with Gasteiger partial charge in [-0.1, -0.05) is 0 Å². The first-order valence-electron chi connectivity index (χ1n) is 6.17. The highest BCUT2D eigenvalue weighted by Crippen LogP contribution is 2.30. The Hall–Kier alpha value is -2.27. The molecule has 106 valence electrons. The minimum Gasteiger partial charge on any atom is -0.496 e. The molecule has 0 bridgehead atoms. The number of aliphatic hydroxyl groups is 1. The van der Waals surface area contributed by atoms with Crippen molar-refractivity contribution in [1.29, 1.82) is 0 Å². The van der Waals surface area contributed by atoms with Gasteiger partial charge in [0, 0.05) is 30.5 Å². The van der Waals surface area contributed by atoms with Gasteiger partial charge in [-0.2, -0.15) is 0 Å². The van der Waals surface area contributed by atoms with E-state index in [1.807, 2.05) is 0 Å². The molecule has 1 N–H and O–H groups in total. The third kappa shape index (κ3) is 3.39. The molecular weight excluding hydrogens is 258 g/mol. The Labute approximate surface area is 117 Å². The van der Waals surface area contributed by atoms with Crippen molar-refractivity contribution in [3.8, 4) is 23.1 Å². The SMILES string of the molecule is COc1cc(OC)cc(Oc2cc([C@H](C)O)ccn2)c1. The highest BCUT2D eigenvalue weighted by atomic mass is 16.5. The highest BCUT2D eigenvalue weighted by Gasteiger charge is 2.07. The van der Waals surface area contributed by atoms with Gasteiger partial charge in [0.25, 0.3) is 0 Å². The number of ether oxygens (including phenoxy) is 3. The molecule has 0 radical (unpaired) electrons. The van der Waals surface area contributed by atoms with Gasteiger partial charge in [0.1, 0.15) is 17.2 Å². The zero-order valence-corrected chi connectivity index (χ0v) is 11.7. The summed E-state index contributed by atoms with van der Waals surface area (Å²) in [6.07, 6.45) is 1.02. The van der Waals surface area contributed by atoms with E-state index in [0.29, 0.717) is 23.1 Å². The van der Waals surface area contributed by atoms with Crippen molar-refractivity contribution < 1.29 is 19.3 Å². The van der Waals surface area contributed by atoms with Crippen LogP contribution in [0.15, 0.2) is 36.5 Å². The predicted molar refractivity (Wildman–Crippen MR) is 74.5 cm³/mol. The molecule has 0 fully saturated rings. The highest BCUT2D eigenvalue weighted by molar-refractivity contribution is 5.43. The van der Waals surface area contributed by atoms with Crippen molar-refractivity contribution in [3.63, 3.8) is 0 Å². The minimum atomic E-state index is -0.569. The normalized spacial score (nSPS) is 11.8. The topological polar surface area (TPSA) is 60.8 Å². The summed E-state index contributed by atoms with van der Waals surface area (Å²) < 4.78 is 16.0. The minimum absolute atomic E-state index is 0.402. The van der Waals surface area contributed by atoms with Crippen LogP contribution in [0, 0.1) is 0 Å². The number of pyridine rings is 1. The Kier molecular flexibility index (Phi) is 4.42. The molecule has 1 heterocycles. The van der Waals surface area contributed by atoms with Crippen molar-refractivity contribution in [1.82, 2.24) is 4.98 Å². The third-order valence-electron chi connectivity index (χ3n) is 2.79. The summed E-state index contributed by atoms with van der Waals surface area (Å²) in [7, 11) is 3.15. The number of nitrogens with zero attached hydrogens (tertiary/aromatic N) is 1. The quantitative estimate of drug-likeness (QED) is 0.909. The monoisotopic (exact) mass is 275 g/mol. The Morgan fingerprint density at radius 1 is 1.00 bits per heavy atom. The predicted octanol–water partition coefficient (Wildman–Crippen LogP) is 2.94. The molecule has 0 saturated heterocycles. The number of aromatic nitrogens is 1. The number of aliphatic hydroxyl groups excluding tert-OH is 1. The molecule has 1 aromatic heterocycles. The van der Waals surface area contributed by atoms with E-state index < -0.39 is 6.10 Å². The Morgan fingerprint density at radius 2 is 1.60 bits per heavy atom. The van der Waals surface area contributed by atoms with Gasteiger partial charge < -0.3 is 19.3 Å². The molecule has 5 nitrogen and oxygen atoms in total. The fourth-order valence-electron chi connectivity index (χ4n) is 1.70. The zero-order chi connectivity index (χ0) is 14.5. The molecule has 20 heavy (non-hydrogen) atoms. The van der Waals surface area contributed by atoms with Crippen LogP contribution in [0.4, 0.5) is 0 Å². The molecule has 2 aromatic rings. The lowest BCUT2D eigenvalue weighted by Gasteiger charge is -2.10. The second kappa shape index (κ2) is 6.25.